The van der Waals surface area contributed by atoms with E-state index in [2.05, 4.69) is 62.5 Å². The third-order valence-corrected chi connectivity index (χ3v) is 8.32. The highest BCUT2D eigenvalue weighted by atomic mass is 35.5. The number of methoxy groups -OCH3 is 1. The third kappa shape index (κ3) is 7.13. The molecule has 0 saturated carbocycles. The van der Waals surface area contributed by atoms with Gasteiger partial charge in [-0.05, 0) is 48.6 Å². The van der Waals surface area contributed by atoms with Gasteiger partial charge >= 0.3 is 0 Å². The van der Waals surface area contributed by atoms with E-state index in [1.807, 2.05) is 36.4 Å². The van der Waals surface area contributed by atoms with Crippen LogP contribution < -0.4 is 15.0 Å². The molecule has 1 N–H and O–H groups in total. The van der Waals surface area contributed by atoms with E-state index < -0.39 is 0 Å². The summed E-state index contributed by atoms with van der Waals surface area (Å²) in [7, 11) is 1.72. The smallest absolute Gasteiger partial charge is 0.240 e. The zero-order valence-electron chi connectivity index (χ0n) is 22.8. The first kappa shape index (κ1) is 27.5. The minimum absolute atomic E-state index is 0.188. The van der Waals surface area contributed by atoms with Crippen molar-refractivity contribution in [3.05, 3.63) is 95.0 Å². The summed E-state index contributed by atoms with van der Waals surface area (Å²) in [6, 6.07) is 26.4. The lowest BCUT2D eigenvalue weighted by atomic mass is 9.87. The number of ether oxygens (including phenoxy) is 1. The molecule has 2 heterocycles. The fourth-order valence-corrected chi connectivity index (χ4v) is 6.03. The highest BCUT2D eigenvalue weighted by Crippen LogP contribution is 2.28. The molecule has 39 heavy (non-hydrogen) atoms. The van der Waals surface area contributed by atoms with Gasteiger partial charge in [0.2, 0.25) is 5.91 Å². The third-order valence-electron chi connectivity index (χ3n) is 8.09. The largest absolute Gasteiger partial charge is 0.496 e. The molecule has 5 rings (SSSR count). The number of benzene rings is 3. The Labute approximate surface area is 237 Å². The number of piperazine rings is 1. The van der Waals surface area contributed by atoms with Crippen molar-refractivity contribution in [2.75, 3.05) is 51.3 Å². The standard InChI is InChI=1S/C32H39ClN4O2/c1-39-30-13-6-5-10-27(30)24-35-18-20-37(21-19-35)32(38)31(34-23-25-8-3-2-4-9-25)26-14-16-36(17-15-26)29-12-7-11-28(33)22-29/h2-13,22,26,31,34H,14-21,23-24H2,1H3/t31-/m1/s1. The van der Waals surface area contributed by atoms with Crippen molar-refractivity contribution in [1.82, 2.24) is 15.1 Å². The summed E-state index contributed by atoms with van der Waals surface area (Å²) in [6.45, 7) is 6.61. The number of halogens is 1. The van der Waals surface area contributed by atoms with Gasteiger partial charge < -0.3 is 19.9 Å². The zero-order valence-corrected chi connectivity index (χ0v) is 23.5. The summed E-state index contributed by atoms with van der Waals surface area (Å²) >= 11 is 6.24. The summed E-state index contributed by atoms with van der Waals surface area (Å²) in [4.78, 5) is 20.8. The van der Waals surface area contributed by atoms with Crippen LogP contribution in [0.4, 0.5) is 5.69 Å². The van der Waals surface area contributed by atoms with Crippen LogP contribution in [0.2, 0.25) is 5.02 Å². The number of para-hydroxylation sites is 1. The maximum Gasteiger partial charge on any atom is 0.240 e. The number of hydrogen-bond acceptors (Lipinski definition) is 5. The molecule has 0 aromatic heterocycles. The van der Waals surface area contributed by atoms with Gasteiger partial charge in [0.15, 0.2) is 0 Å². The molecule has 0 unspecified atom stereocenters. The molecule has 0 bridgehead atoms. The Bertz CT molecular complexity index is 1210. The number of piperidine rings is 1. The maximum atomic E-state index is 14.0. The second-order valence-corrected chi connectivity index (χ2v) is 11.0. The molecule has 3 aromatic rings. The Balaban J connectivity index is 1.22. The van der Waals surface area contributed by atoms with Gasteiger partial charge in [0.1, 0.15) is 5.75 Å². The van der Waals surface area contributed by atoms with Crippen molar-refractivity contribution in [2.24, 2.45) is 5.92 Å². The number of anilines is 1. The monoisotopic (exact) mass is 546 g/mol. The van der Waals surface area contributed by atoms with Crippen LogP contribution in [-0.2, 0) is 17.9 Å². The molecule has 2 aliphatic rings. The summed E-state index contributed by atoms with van der Waals surface area (Å²) < 4.78 is 5.54. The summed E-state index contributed by atoms with van der Waals surface area (Å²) in [6.07, 6.45) is 1.94. The molecule has 206 valence electrons. The Hall–Kier alpha value is -3.06. The fraction of sp³-hybridized carbons (Fsp3) is 0.406. The Kier molecular flexibility index (Phi) is 9.40. The van der Waals surface area contributed by atoms with Crippen molar-refractivity contribution in [3.63, 3.8) is 0 Å². The van der Waals surface area contributed by atoms with E-state index in [-0.39, 0.29) is 11.9 Å². The van der Waals surface area contributed by atoms with Crippen LogP contribution in [0.1, 0.15) is 24.0 Å². The van der Waals surface area contributed by atoms with Gasteiger partial charge in [-0.15, -0.1) is 0 Å². The molecule has 0 radical (unpaired) electrons. The maximum absolute atomic E-state index is 14.0. The van der Waals surface area contributed by atoms with Gasteiger partial charge in [-0.2, -0.15) is 0 Å². The Morgan fingerprint density at radius 3 is 2.36 bits per heavy atom. The first-order valence-electron chi connectivity index (χ1n) is 14.0. The lowest BCUT2D eigenvalue weighted by Gasteiger charge is -2.41. The number of hydrogen-bond donors (Lipinski definition) is 1. The quantitative estimate of drug-likeness (QED) is 0.406. The number of rotatable bonds is 9. The van der Waals surface area contributed by atoms with E-state index >= 15 is 0 Å². The summed E-state index contributed by atoms with van der Waals surface area (Å²) in [5.41, 5.74) is 3.55. The predicted molar refractivity (Wildman–Crippen MR) is 158 cm³/mol. The molecule has 1 amide bonds. The van der Waals surface area contributed by atoms with Crippen LogP contribution in [-0.4, -0.2) is 68.1 Å². The zero-order chi connectivity index (χ0) is 27.0. The van der Waals surface area contributed by atoms with Gasteiger partial charge in [0.05, 0.1) is 13.2 Å². The molecule has 1 atom stereocenters. The highest BCUT2D eigenvalue weighted by molar-refractivity contribution is 6.30. The second-order valence-electron chi connectivity index (χ2n) is 10.6. The molecule has 3 aromatic carbocycles. The highest BCUT2D eigenvalue weighted by Gasteiger charge is 2.35. The van der Waals surface area contributed by atoms with E-state index in [1.165, 1.54) is 11.1 Å². The van der Waals surface area contributed by atoms with Gasteiger partial charge in [-0.3, -0.25) is 9.69 Å². The predicted octanol–water partition coefficient (Wildman–Crippen LogP) is 5.07. The molecule has 6 nitrogen and oxygen atoms in total. The topological polar surface area (TPSA) is 48.1 Å². The average Bonchev–Trinajstić information content (AvgIpc) is 2.99. The first-order valence-corrected chi connectivity index (χ1v) is 14.4. The lowest BCUT2D eigenvalue weighted by molar-refractivity contribution is -0.137. The normalized spacial score (nSPS) is 17.7. The van der Waals surface area contributed by atoms with E-state index in [9.17, 15) is 4.79 Å². The number of carbonyl (C=O) groups is 1. The molecule has 0 spiro atoms. The second kappa shape index (κ2) is 13.3. The molecular formula is C32H39ClN4O2. The van der Waals surface area contributed by atoms with Crippen LogP contribution in [0, 0.1) is 5.92 Å². The van der Waals surface area contributed by atoms with Crippen LogP contribution in [0.25, 0.3) is 0 Å². The fourth-order valence-electron chi connectivity index (χ4n) is 5.84. The van der Waals surface area contributed by atoms with E-state index in [0.29, 0.717) is 12.5 Å². The average molecular weight is 547 g/mol. The van der Waals surface area contributed by atoms with Crippen LogP contribution in [0.3, 0.4) is 0 Å². The van der Waals surface area contributed by atoms with Gasteiger partial charge in [-0.25, -0.2) is 0 Å². The van der Waals surface area contributed by atoms with E-state index in [1.54, 1.807) is 7.11 Å². The van der Waals surface area contributed by atoms with Crippen LogP contribution in [0.15, 0.2) is 78.9 Å². The number of carbonyl (C=O) groups excluding carboxylic acids is 1. The van der Waals surface area contributed by atoms with Gasteiger partial charge in [0, 0.05) is 68.6 Å². The van der Waals surface area contributed by atoms with E-state index in [4.69, 9.17) is 16.3 Å². The summed E-state index contributed by atoms with van der Waals surface area (Å²) in [5.74, 6) is 1.46. The Morgan fingerprint density at radius 2 is 1.64 bits per heavy atom. The van der Waals surface area contributed by atoms with Crippen LogP contribution in [0.5, 0.6) is 5.75 Å². The van der Waals surface area contributed by atoms with Gasteiger partial charge in [0.25, 0.3) is 0 Å². The number of nitrogens with zero attached hydrogens (tertiary/aromatic N) is 3. The summed E-state index contributed by atoms with van der Waals surface area (Å²) in [5, 5.41) is 4.43. The molecular weight excluding hydrogens is 508 g/mol. The molecule has 2 fully saturated rings. The molecule has 7 heteroatoms. The van der Waals surface area contributed by atoms with Crippen molar-refractivity contribution < 1.29 is 9.53 Å². The first-order chi connectivity index (χ1) is 19.1. The van der Waals surface area contributed by atoms with Crippen LogP contribution >= 0.6 is 11.6 Å². The minimum Gasteiger partial charge on any atom is -0.496 e. The van der Waals surface area contributed by atoms with Crippen molar-refractivity contribution in [1.29, 1.82) is 0 Å². The number of nitrogens with one attached hydrogen (secondary N) is 1. The van der Waals surface area contributed by atoms with E-state index in [0.717, 1.165) is 75.1 Å². The van der Waals surface area contributed by atoms with Crippen molar-refractivity contribution in [2.45, 2.75) is 32.0 Å². The van der Waals surface area contributed by atoms with Crippen molar-refractivity contribution >= 4 is 23.2 Å². The minimum atomic E-state index is -0.188. The molecule has 0 aliphatic carbocycles. The molecule has 2 saturated heterocycles. The Morgan fingerprint density at radius 1 is 0.923 bits per heavy atom. The number of amides is 1. The van der Waals surface area contributed by atoms with Gasteiger partial charge in [-0.1, -0.05) is 66.2 Å². The molecule has 2 aliphatic heterocycles. The SMILES string of the molecule is COc1ccccc1CN1CCN(C(=O)[C@H](NCc2ccccc2)C2CCN(c3cccc(Cl)c3)CC2)CC1. The lowest BCUT2D eigenvalue weighted by Crippen LogP contribution is -2.57. The van der Waals surface area contributed by atoms with Crippen molar-refractivity contribution in [3.8, 4) is 5.75 Å².